The summed E-state index contributed by atoms with van der Waals surface area (Å²) in [6.07, 6.45) is -0.184. The van der Waals surface area contributed by atoms with Crippen LogP contribution < -0.4 is 10.1 Å². The van der Waals surface area contributed by atoms with Crippen LogP contribution in [0.1, 0.15) is 36.7 Å². The molecule has 1 unspecified atom stereocenters. The van der Waals surface area contributed by atoms with Crippen LogP contribution in [0.15, 0.2) is 54.6 Å². The maximum Gasteiger partial charge on any atom is 0.407 e. The van der Waals surface area contributed by atoms with Crippen molar-refractivity contribution in [3.05, 3.63) is 65.7 Å². The number of nitrogens with zero attached hydrogens (tertiary/aromatic N) is 1. The molecule has 0 bridgehead atoms. The minimum atomic E-state index is -0.622. The third kappa shape index (κ3) is 6.66. The first-order chi connectivity index (χ1) is 15.7. The molecule has 1 amide bonds. The summed E-state index contributed by atoms with van der Waals surface area (Å²) < 4.78 is 16.0. The fraction of sp³-hybridized carbons (Fsp3) is 0.320. The number of fused-ring (bicyclic) bond motifs is 1. The first kappa shape index (κ1) is 24.0. The Labute approximate surface area is 192 Å². The van der Waals surface area contributed by atoms with Crippen LogP contribution in [-0.2, 0) is 15.9 Å². The van der Waals surface area contributed by atoms with E-state index >= 15 is 0 Å². The summed E-state index contributed by atoms with van der Waals surface area (Å²) in [6, 6.07) is 15.7. The van der Waals surface area contributed by atoms with Crippen molar-refractivity contribution in [2.75, 3.05) is 13.7 Å². The fourth-order valence-electron chi connectivity index (χ4n) is 3.16. The molecular formula is C25H28N2O6. The van der Waals surface area contributed by atoms with Gasteiger partial charge >= 0.3 is 12.1 Å². The Hall–Kier alpha value is -3.65. The number of aromatic nitrogens is 1. The molecule has 1 aromatic heterocycles. The largest absolute Gasteiger partial charge is 0.465 e. The number of alkyl carbamates (subject to hydrolysis) is 1. The van der Waals surface area contributed by atoms with E-state index in [0.717, 1.165) is 10.9 Å². The maximum absolute atomic E-state index is 12.2. The van der Waals surface area contributed by atoms with E-state index in [2.05, 4.69) is 10.3 Å². The third-order valence-electron chi connectivity index (χ3n) is 4.66. The maximum atomic E-state index is 12.2. The second-order valence-corrected chi connectivity index (χ2v) is 8.50. The van der Waals surface area contributed by atoms with Gasteiger partial charge in [-0.3, -0.25) is 0 Å². The van der Waals surface area contributed by atoms with Crippen molar-refractivity contribution in [1.82, 2.24) is 10.3 Å². The number of aliphatic hydroxyl groups excluding tert-OH is 1. The Kier molecular flexibility index (Phi) is 7.50. The number of aliphatic hydroxyl groups is 1. The van der Waals surface area contributed by atoms with Crippen molar-refractivity contribution in [2.24, 2.45) is 0 Å². The van der Waals surface area contributed by atoms with E-state index in [1.165, 1.54) is 7.11 Å². The molecule has 2 aromatic carbocycles. The Morgan fingerprint density at radius 2 is 1.79 bits per heavy atom. The van der Waals surface area contributed by atoms with Crippen molar-refractivity contribution in [2.45, 2.75) is 38.8 Å². The molecule has 1 heterocycles. The lowest BCUT2D eigenvalue weighted by molar-refractivity contribution is 0.0482. The van der Waals surface area contributed by atoms with Crippen LogP contribution in [0.5, 0.6) is 11.6 Å². The van der Waals surface area contributed by atoms with Crippen LogP contribution >= 0.6 is 0 Å². The minimum Gasteiger partial charge on any atom is -0.465 e. The smallest absolute Gasteiger partial charge is 0.407 e. The number of esters is 1. The van der Waals surface area contributed by atoms with Crippen LogP contribution in [0.4, 0.5) is 4.79 Å². The Morgan fingerprint density at radius 1 is 1.09 bits per heavy atom. The summed E-state index contributed by atoms with van der Waals surface area (Å²) in [5.41, 5.74) is 1.17. The molecular weight excluding hydrogens is 424 g/mol. The van der Waals surface area contributed by atoms with Crippen molar-refractivity contribution >= 4 is 23.0 Å². The number of methoxy groups -OCH3 is 1. The fourth-order valence-corrected chi connectivity index (χ4v) is 3.16. The molecule has 3 rings (SSSR count). The SMILES string of the molecule is COC(=O)c1cc2ccccc2nc1Oc1ccc(CC(CO)NC(=O)OC(C)(C)C)cc1. The number of pyridine rings is 1. The molecule has 0 fully saturated rings. The standard InChI is InChI=1S/C25H28N2O6/c1-25(2,3)33-24(30)26-18(15-28)13-16-9-11-19(12-10-16)32-22-20(23(29)31-4)14-17-7-5-6-8-21(17)27-22/h5-12,14,18,28H,13,15H2,1-4H3,(H,26,30). The van der Waals surface area contributed by atoms with Gasteiger partial charge in [0.15, 0.2) is 0 Å². The van der Waals surface area contributed by atoms with Crippen LogP contribution in [0.2, 0.25) is 0 Å². The number of nitrogens with one attached hydrogen (secondary N) is 1. The number of carbonyl (C=O) groups excluding carboxylic acids is 2. The van der Waals surface area contributed by atoms with Gasteiger partial charge < -0.3 is 24.6 Å². The zero-order valence-corrected chi connectivity index (χ0v) is 19.1. The van der Waals surface area contributed by atoms with Crippen molar-refractivity contribution in [3.8, 4) is 11.6 Å². The summed E-state index contributed by atoms with van der Waals surface area (Å²) in [5.74, 6) is 0.0827. The highest BCUT2D eigenvalue weighted by Crippen LogP contribution is 2.28. The molecule has 8 heteroatoms. The van der Waals surface area contributed by atoms with E-state index in [-0.39, 0.29) is 18.1 Å². The van der Waals surface area contributed by atoms with Crippen molar-refractivity contribution in [1.29, 1.82) is 0 Å². The summed E-state index contributed by atoms with van der Waals surface area (Å²) in [6.45, 7) is 5.08. The van der Waals surface area contributed by atoms with E-state index in [0.29, 0.717) is 17.7 Å². The minimum absolute atomic E-state index is 0.146. The Balaban J connectivity index is 1.73. The number of carbonyl (C=O) groups is 2. The number of rotatable bonds is 7. The molecule has 0 aliphatic carbocycles. The van der Waals surface area contributed by atoms with Gasteiger partial charge in [0, 0.05) is 5.39 Å². The monoisotopic (exact) mass is 452 g/mol. The zero-order valence-electron chi connectivity index (χ0n) is 19.1. The predicted octanol–water partition coefficient (Wildman–Crippen LogP) is 4.24. The molecule has 8 nitrogen and oxygen atoms in total. The number of hydrogen-bond donors (Lipinski definition) is 2. The van der Waals surface area contributed by atoms with E-state index in [4.69, 9.17) is 14.2 Å². The van der Waals surface area contributed by atoms with Gasteiger partial charge in [0.25, 0.3) is 0 Å². The van der Waals surface area contributed by atoms with Gasteiger partial charge in [0.05, 0.1) is 25.3 Å². The number of ether oxygens (including phenoxy) is 3. The molecule has 0 radical (unpaired) electrons. The molecule has 0 saturated heterocycles. The van der Waals surface area contributed by atoms with E-state index in [1.807, 2.05) is 36.4 Å². The molecule has 1 atom stereocenters. The highest BCUT2D eigenvalue weighted by molar-refractivity contribution is 5.96. The van der Waals surface area contributed by atoms with Gasteiger partial charge in [-0.05, 0) is 57.0 Å². The number of para-hydroxylation sites is 1. The van der Waals surface area contributed by atoms with Gasteiger partial charge in [-0.25, -0.2) is 14.6 Å². The van der Waals surface area contributed by atoms with Gasteiger partial charge in [0.1, 0.15) is 16.9 Å². The van der Waals surface area contributed by atoms with Crippen LogP contribution in [0, 0.1) is 0 Å². The van der Waals surface area contributed by atoms with Crippen LogP contribution in [0.3, 0.4) is 0 Å². The van der Waals surface area contributed by atoms with Gasteiger partial charge in [-0.1, -0.05) is 30.3 Å². The first-order valence-electron chi connectivity index (χ1n) is 10.5. The van der Waals surface area contributed by atoms with Crippen LogP contribution in [-0.4, -0.2) is 47.5 Å². The molecule has 3 aromatic rings. The van der Waals surface area contributed by atoms with Crippen molar-refractivity contribution in [3.63, 3.8) is 0 Å². The van der Waals surface area contributed by atoms with Gasteiger partial charge in [-0.15, -0.1) is 0 Å². The molecule has 0 saturated carbocycles. The lowest BCUT2D eigenvalue weighted by Gasteiger charge is -2.22. The average Bonchev–Trinajstić information content (AvgIpc) is 2.77. The van der Waals surface area contributed by atoms with Gasteiger partial charge in [-0.2, -0.15) is 0 Å². The predicted molar refractivity (Wildman–Crippen MR) is 124 cm³/mol. The van der Waals surface area contributed by atoms with E-state index in [9.17, 15) is 14.7 Å². The number of amides is 1. The Bertz CT molecular complexity index is 1120. The number of hydrogen-bond acceptors (Lipinski definition) is 7. The molecule has 0 spiro atoms. The lowest BCUT2D eigenvalue weighted by Crippen LogP contribution is -2.42. The quantitative estimate of drug-likeness (QED) is 0.516. The summed E-state index contributed by atoms with van der Waals surface area (Å²) in [5, 5.41) is 13.1. The first-order valence-corrected chi connectivity index (χ1v) is 10.5. The summed E-state index contributed by atoms with van der Waals surface area (Å²) in [4.78, 5) is 28.7. The summed E-state index contributed by atoms with van der Waals surface area (Å²) >= 11 is 0. The zero-order chi connectivity index (χ0) is 24.0. The number of benzene rings is 2. The summed E-state index contributed by atoms with van der Waals surface area (Å²) in [7, 11) is 1.30. The molecule has 0 aliphatic heterocycles. The molecule has 2 N–H and O–H groups in total. The topological polar surface area (TPSA) is 107 Å². The van der Waals surface area contributed by atoms with E-state index in [1.54, 1.807) is 39.0 Å². The Morgan fingerprint density at radius 3 is 2.42 bits per heavy atom. The lowest BCUT2D eigenvalue weighted by atomic mass is 10.1. The average molecular weight is 453 g/mol. The van der Waals surface area contributed by atoms with Crippen molar-refractivity contribution < 1.29 is 28.9 Å². The second-order valence-electron chi connectivity index (χ2n) is 8.50. The molecule has 174 valence electrons. The third-order valence-corrected chi connectivity index (χ3v) is 4.66. The van der Waals surface area contributed by atoms with E-state index < -0.39 is 23.7 Å². The molecule has 0 aliphatic rings. The highest BCUT2D eigenvalue weighted by atomic mass is 16.6. The second kappa shape index (κ2) is 10.3. The highest BCUT2D eigenvalue weighted by Gasteiger charge is 2.20. The van der Waals surface area contributed by atoms with Gasteiger partial charge in [0.2, 0.25) is 5.88 Å². The molecule has 33 heavy (non-hydrogen) atoms. The normalized spacial score (nSPS) is 12.2. The van der Waals surface area contributed by atoms with Crippen LogP contribution in [0.25, 0.3) is 10.9 Å².